The van der Waals surface area contributed by atoms with Crippen LogP contribution in [0.1, 0.15) is 0 Å². The Morgan fingerprint density at radius 3 is 2.29 bits per heavy atom. The molecule has 0 bridgehead atoms. The third kappa shape index (κ3) is 3.42. The van der Waals surface area contributed by atoms with Crippen molar-refractivity contribution in [2.75, 3.05) is 13.2 Å². The number of hydrogen-bond donors (Lipinski definition) is 2. The Kier molecular flexibility index (Phi) is 3.55. The minimum absolute atomic E-state index is 0.355. The lowest BCUT2D eigenvalue weighted by Gasteiger charge is -1.83. The zero-order valence-electron chi connectivity index (χ0n) is 3.76. The predicted molar refractivity (Wildman–Crippen MR) is 23.4 cm³/mol. The van der Waals surface area contributed by atoms with Crippen molar-refractivity contribution >= 4 is 0 Å². The fourth-order valence-electron chi connectivity index (χ4n) is 0.164. The van der Waals surface area contributed by atoms with Gasteiger partial charge in [0.2, 0.25) is 0 Å². The van der Waals surface area contributed by atoms with E-state index in [4.69, 9.17) is 10.2 Å². The Morgan fingerprint density at radius 1 is 1.57 bits per heavy atom. The van der Waals surface area contributed by atoms with Gasteiger partial charge in [-0.25, -0.2) is 4.39 Å². The second-order valence-corrected chi connectivity index (χ2v) is 0.992. The van der Waals surface area contributed by atoms with Gasteiger partial charge >= 0.3 is 0 Å². The standard InChI is InChI=1S/C4H7FO2/c5-4(3-7)1-2-6/h1,6-7H,2-3H2/b4-1+. The summed E-state index contributed by atoms with van der Waals surface area (Å²) in [5.41, 5.74) is 0. The van der Waals surface area contributed by atoms with Crippen LogP contribution < -0.4 is 0 Å². The Bertz CT molecular complexity index is 70.1. The van der Waals surface area contributed by atoms with Crippen LogP contribution in [0, 0.1) is 0 Å². The minimum atomic E-state index is -0.692. The molecule has 3 heteroatoms. The first-order chi connectivity index (χ1) is 3.31. The highest BCUT2D eigenvalue weighted by Crippen LogP contribution is 1.89. The van der Waals surface area contributed by atoms with Crippen molar-refractivity contribution in [3.05, 3.63) is 11.9 Å². The van der Waals surface area contributed by atoms with Crippen LogP contribution >= 0.6 is 0 Å². The summed E-state index contributed by atoms with van der Waals surface area (Å²) >= 11 is 0. The van der Waals surface area contributed by atoms with Gasteiger partial charge in [0.25, 0.3) is 0 Å². The topological polar surface area (TPSA) is 40.5 Å². The van der Waals surface area contributed by atoms with Crippen LogP contribution in [0.25, 0.3) is 0 Å². The molecular formula is C4H7FO2. The lowest BCUT2D eigenvalue weighted by Crippen LogP contribution is -1.83. The van der Waals surface area contributed by atoms with Gasteiger partial charge in [0.1, 0.15) is 5.83 Å². The monoisotopic (exact) mass is 106 g/mol. The van der Waals surface area contributed by atoms with Crippen LogP contribution in [0.5, 0.6) is 0 Å². The fraction of sp³-hybridized carbons (Fsp3) is 0.500. The van der Waals surface area contributed by atoms with Crippen molar-refractivity contribution in [2.45, 2.75) is 0 Å². The largest absolute Gasteiger partial charge is 0.392 e. The third-order valence-corrected chi connectivity index (χ3v) is 0.464. The summed E-state index contributed by atoms with van der Waals surface area (Å²) < 4.78 is 11.6. The van der Waals surface area contributed by atoms with E-state index in [1.807, 2.05) is 0 Å². The van der Waals surface area contributed by atoms with Crippen molar-refractivity contribution in [3.8, 4) is 0 Å². The van der Waals surface area contributed by atoms with Crippen molar-refractivity contribution in [1.29, 1.82) is 0 Å². The smallest absolute Gasteiger partial charge is 0.124 e. The van der Waals surface area contributed by atoms with Gasteiger partial charge in [0.15, 0.2) is 0 Å². The van der Waals surface area contributed by atoms with Gasteiger partial charge in [-0.15, -0.1) is 0 Å². The molecule has 2 N–H and O–H groups in total. The maximum Gasteiger partial charge on any atom is 0.124 e. The number of hydrogen-bond acceptors (Lipinski definition) is 2. The molecule has 2 nitrogen and oxygen atoms in total. The molecule has 0 aromatic heterocycles. The Hall–Kier alpha value is -0.410. The van der Waals surface area contributed by atoms with Crippen LogP contribution in [0.3, 0.4) is 0 Å². The Balaban J connectivity index is 3.29. The summed E-state index contributed by atoms with van der Waals surface area (Å²) in [4.78, 5) is 0. The first-order valence-electron chi connectivity index (χ1n) is 1.87. The molecule has 0 aliphatic heterocycles. The van der Waals surface area contributed by atoms with Crippen molar-refractivity contribution < 1.29 is 14.6 Å². The van der Waals surface area contributed by atoms with Gasteiger partial charge in [-0.05, 0) is 6.08 Å². The molecule has 0 heterocycles. The molecule has 0 amide bonds. The highest BCUT2D eigenvalue weighted by atomic mass is 19.1. The Morgan fingerprint density at radius 2 is 2.14 bits per heavy atom. The number of aliphatic hydroxyl groups is 2. The molecule has 42 valence electrons. The fourth-order valence-corrected chi connectivity index (χ4v) is 0.164. The van der Waals surface area contributed by atoms with Crippen molar-refractivity contribution in [3.63, 3.8) is 0 Å². The molecule has 0 fully saturated rings. The number of rotatable bonds is 2. The highest BCUT2D eigenvalue weighted by Gasteiger charge is 1.84. The van der Waals surface area contributed by atoms with E-state index in [1.165, 1.54) is 0 Å². The zero-order valence-corrected chi connectivity index (χ0v) is 3.76. The third-order valence-electron chi connectivity index (χ3n) is 0.464. The molecule has 0 spiro atoms. The average Bonchev–Trinajstić information content (AvgIpc) is 1.68. The van der Waals surface area contributed by atoms with Gasteiger partial charge in [0.05, 0.1) is 13.2 Å². The Labute approximate surface area is 40.9 Å². The van der Waals surface area contributed by atoms with Gasteiger partial charge < -0.3 is 10.2 Å². The zero-order chi connectivity index (χ0) is 5.70. The lowest BCUT2D eigenvalue weighted by molar-refractivity contribution is 0.289. The van der Waals surface area contributed by atoms with E-state index < -0.39 is 12.4 Å². The number of halogens is 1. The van der Waals surface area contributed by atoms with E-state index in [1.54, 1.807) is 0 Å². The molecule has 0 aromatic carbocycles. The van der Waals surface area contributed by atoms with Crippen molar-refractivity contribution in [1.82, 2.24) is 0 Å². The summed E-state index contributed by atoms with van der Waals surface area (Å²) in [6.07, 6.45) is 0.903. The predicted octanol–water partition coefficient (Wildman–Crippen LogP) is -0.176. The van der Waals surface area contributed by atoms with Gasteiger partial charge in [0, 0.05) is 0 Å². The molecule has 0 aromatic rings. The molecule has 0 saturated carbocycles. The van der Waals surface area contributed by atoms with Gasteiger partial charge in [-0.1, -0.05) is 0 Å². The van der Waals surface area contributed by atoms with E-state index >= 15 is 0 Å². The van der Waals surface area contributed by atoms with Crippen LogP contribution in [0.2, 0.25) is 0 Å². The SMILES string of the molecule is OC/C=C(/F)CO. The molecule has 0 rings (SSSR count). The van der Waals surface area contributed by atoms with Gasteiger partial charge in [-0.3, -0.25) is 0 Å². The maximum absolute atomic E-state index is 11.6. The lowest BCUT2D eigenvalue weighted by atomic mass is 10.5. The van der Waals surface area contributed by atoms with E-state index in [9.17, 15) is 4.39 Å². The quantitative estimate of drug-likeness (QED) is 0.512. The van der Waals surface area contributed by atoms with Crippen LogP contribution in [0.4, 0.5) is 4.39 Å². The molecular weight excluding hydrogens is 99.0 g/mol. The molecule has 7 heavy (non-hydrogen) atoms. The molecule has 0 unspecified atom stereocenters. The van der Waals surface area contributed by atoms with E-state index in [2.05, 4.69) is 0 Å². The summed E-state index contributed by atoms with van der Waals surface area (Å²) in [6, 6.07) is 0. The average molecular weight is 106 g/mol. The summed E-state index contributed by atoms with van der Waals surface area (Å²) in [5, 5.41) is 15.9. The van der Waals surface area contributed by atoms with E-state index in [0.717, 1.165) is 6.08 Å². The molecule has 0 radical (unpaired) electrons. The van der Waals surface area contributed by atoms with Gasteiger partial charge in [-0.2, -0.15) is 0 Å². The first-order valence-corrected chi connectivity index (χ1v) is 1.87. The van der Waals surface area contributed by atoms with Crippen molar-refractivity contribution in [2.24, 2.45) is 0 Å². The minimum Gasteiger partial charge on any atom is -0.392 e. The second-order valence-electron chi connectivity index (χ2n) is 0.992. The summed E-state index contributed by atoms with van der Waals surface area (Å²) in [7, 11) is 0. The molecule has 0 aliphatic rings. The molecule has 0 saturated heterocycles. The van der Waals surface area contributed by atoms with Crippen LogP contribution in [-0.2, 0) is 0 Å². The maximum atomic E-state index is 11.6. The normalized spacial score (nSPS) is 12.1. The van der Waals surface area contributed by atoms with Crippen LogP contribution in [-0.4, -0.2) is 23.4 Å². The highest BCUT2D eigenvalue weighted by molar-refractivity contribution is 4.89. The molecule has 0 aliphatic carbocycles. The second kappa shape index (κ2) is 3.77. The summed E-state index contributed by atoms with van der Waals surface area (Å²) in [5.74, 6) is -0.692. The molecule has 0 atom stereocenters. The van der Waals surface area contributed by atoms with E-state index in [-0.39, 0.29) is 6.61 Å². The number of aliphatic hydroxyl groups excluding tert-OH is 2. The summed E-state index contributed by atoms with van der Waals surface area (Å²) in [6.45, 7) is -0.979. The van der Waals surface area contributed by atoms with Crippen LogP contribution in [0.15, 0.2) is 11.9 Å². The first kappa shape index (κ1) is 6.59. The van der Waals surface area contributed by atoms with E-state index in [0.29, 0.717) is 0 Å².